The van der Waals surface area contributed by atoms with Crippen LogP contribution in [0.1, 0.15) is 18.6 Å². The van der Waals surface area contributed by atoms with Crippen LogP contribution in [0.5, 0.6) is 0 Å². The van der Waals surface area contributed by atoms with E-state index in [9.17, 15) is 5.11 Å². The molecule has 0 aliphatic heterocycles. The van der Waals surface area contributed by atoms with Crippen molar-refractivity contribution in [1.29, 1.82) is 10.5 Å². The number of nitrogens with zero attached hydrogens (tertiary/aromatic N) is 3. The molecule has 5 heteroatoms. The van der Waals surface area contributed by atoms with E-state index >= 15 is 0 Å². The number of anilines is 1. The van der Waals surface area contributed by atoms with Crippen LogP contribution in [0.2, 0.25) is 0 Å². The molecule has 0 fully saturated rings. The molecule has 1 rings (SSSR count). The second-order valence-corrected chi connectivity index (χ2v) is 4.41. The molecule has 0 saturated carbocycles. The summed E-state index contributed by atoms with van der Waals surface area (Å²) in [6, 6.07) is 9.41. The second kappa shape index (κ2) is 6.24. The number of hydrogen-bond donors (Lipinski definition) is 1. The predicted octanol–water partition coefficient (Wildman–Crippen LogP) is 2.36. The average molecular weight is 294 g/mol. The maximum Gasteiger partial charge on any atom is 0.107 e. The Morgan fingerprint density at radius 3 is 2.35 bits per heavy atom. The molecule has 0 heterocycles. The van der Waals surface area contributed by atoms with Crippen molar-refractivity contribution in [1.82, 2.24) is 0 Å². The van der Waals surface area contributed by atoms with E-state index in [2.05, 4.69) is 15.9 Å². The molecule has 1 N–H and O–H groups in total. The summed E-state index contributed by atoms with van der Waals surface area (Å²) in [7, 11) is 0. The van der Waals surface area contributed by atoms with Gasteiger partial charge in [0.25, 0.3) is 0 Å². The highest BCUT2D eigenvalue weighted by Crippen LogP contribution is 2.29. The van der Waals surface area contributed by atoms with E-state index < -0.39 is 6.10 Å². The summed E-state index contributed by atoms with van der Waals surface area (Å²) in [4.78, 5) is 1.66. The number of aliphatic hydroxyl groups is 1. The largest absolute Gasteiger partial charge is 0.389 e. The summed E-state index contributed by atoms with van der Waals surface area (Å²) < 4.78 is 0.765. The summed E-state index contributed by atoms with van der Waals surface area (Å²) in [5.41, 5.74) is 1.56. The van der Waals surface area contributed by atoms with Gasteiger partial charge in [0.05, 0.1) is 23.9 Å². The van der Waals surface area contributed by atoms with E-state index in [1.807, 2.05) is 12.1 Å². The Hall–Kier alpha value is -1.56. The fourth-order valence-electron chi connectivity index (χ4n) is 1.44. The molecule has 17 heavy (non-hydrogen) atoms. The normalized spacial score (nSPS) is 11.4. The van der Waals surface area contributed by atoms with Crippen LogP contribution < -0.4 is 4.90 Å². The molecule has 1 atom stereocenters. The lowest BCUT2D eigenvalue weighted by Gasteiger charge is -2.20. The van der Waals surface area contributed by atoms with Crippen molar-refractivity contribution >= 4 is 21.6 Å². The van der Waals surface area contributed by atoms with Gasteiger partial charge in [-0.05, 0) is 40.5 Å². The van der Waals surface area contributed by atoms with Crippen LogP contribution in [-0.2, 0) is 0 Å². The van der Waals surface area contributed by atoms with Crippen LogP contribution in [0, 0.1) is 22.7 Å². The van der Waals surface area contributed by atoms with Crippen molar-refractivity contribution < 1.29 is 5.11 Å². The molecule has 0 aliphatic rings. The molecule has 4 nitrogen and oxygen atoms in total. The van der Waals surface area contributed by atoms with Gasteiger partial charge in [0.15, 0.2) is 0 Å². The van der Waals surface area contributed by atoms with Crippen molar-refractivity contribution in [3.8, 4) is 12.1 Å². The minimum absolute atomic E-state index is 0.153. The summed E-state index contributed by atoms with van der Waals surface area (Å²) in [5, 5.41) is 26.8. The topological polar surface area (TPSA) is 71.0 Å². The van der Waals surface area contributed by atoms with E-state index in [1.165, 1.54) is 0 Å². The third-order valence-electron chi connectivity index (χ3n) is 2.32. The monoisotopic (exact) mass is 293 g/mol. The summed E-state index contributed by atoms with van der Waals surface area (Å²) in [5.74, 6) is 0. The summed E-state index contributed by atoms with van der Waals surface area (Å²) in [6.07, 6.45) is -0.541. The Labute approximate surface area is 109 Å². The van der Waals surface area contributed by atoms with Gasteiger partial charge in [-0.15, -0.1) is 0 Å². The van der Waals surface area contributed by atoms with E-state index in [4.69, 9.17) is 10.5 Å². The Morgan fingerprint density at radius 1 is 1.35 bits per heavy atom. The van der Waals surface area contributed by atoms with Gasteiger partial charge in [-0.2, -0.15) is 10.5 Å². The van der Waals surface area contributed by atoms with Crippen LogP contribution in [0.4, 0.5) is 5.69 Å². The first-order valence-electron chi connectivity index (χ1n) is 5.06. The van der Waals surface area contributed by atoms with Gasteiger partial charge in [0, 0.05) is 4.47 Å². The third-order valence-corrected chi connectivity index (χ3v) is 2.95. The van der Waals surface area contributed by atoms with E-state index in [0.29, 0.717) is 0 Å². The molecule has 0 radical (unpaired) electrons. The lowest BCUT2D eigenvalue weighted by atomic mass is 10.1. The molecule has 0 aliphatic carbocycles. The van der Waals surface area contributed by atoms with Crippen LogP contribution in [0.25, 0.3) is 0 Å². The fraction of sp³-hybridized carbons (Fsp3) is 0.333. The van der Waals surface area contributed by atoms with Crippen LogP contribution in [-0.4, -0.2) is 18.2 Å². The molecule has 1 aromatic carbocycles. The molecule has 1 unspecified atom stereocenters. The Morgan fingerprint density at radius 2 is 1.94 bits per heavy atom. The minimum atomic E-state index is -0.541. The minimum Gasteiger partial charge on any atom is -0.389 e. The number of hydrogen-bond acceptors (Lipinski definition) is 4. The molecule has 0 bridgehead atoms. The van der Waals surface area contributed by atoms with E-state index in [0.717, 1.165) is 15.7 Å². The van der Waals surface area contributed by atoms with E-state index in [-0.39, 0.29) is 13.1 Å². The molecule has 88 valence electrons. The van der Waals surface area contributed by atoms with Gasteiger partial charge in [-0.3, -0.25) is 0 Å². The highest BCUT2D eigenvalue weighted by Gasteiger charge is 2.11. The van der Waals surface area contributed by atoms with E-state index in [1.54, 1.807) is 30.0 Å². The average Bonchev–Trinajstić information content (AvgIpc) is 2.28. The van der Waals surface area contributed by atoms with Gasteiger partial charge < -0.3 is 10.0 Å². The number of nitriles is 2. The maximum absolute atomic E-state index is 9.45. The lowest BCUT2D eigenvalue weighted by molar-refractivity contribution is 0.199. The number of halogens is 1. The van der Waals surface area contributed by atoms with Gasteiger partial charge in [-0.1, -0.05) is 6.07 Å². The number of rotatable bonds is 4. The van der Waals surface area contributed by atoms with Crippen molar-refractivity contribution in [2.45, 2.75) is 13.0 Å². The maximum atomic E-state index is 9.45. The smallest absolute Gasteiger partial charge is 0.107 e. The molecular formula is C12H12BrN3O. The van der Waals surface area contributed by atoms with Crippen molar-refractivity contribution in [2.24, 2.45) is 0 Å². The SMILES string of the molecule is CC(O)c1ccc(N(CC#N)CC#N)c(Br)c1. The fourth-order valence-corrected chi connectivity index (χ4v) is 2.08. The molecule has 0 amide bonds. The van der Waals surface area contributed by atoms with Crippen LogP contribution in [0.15, 0.2) is 22.7 Å². The predicted molar refractivity (Wildman–Crippen MR) is 68.2 cm³/mol. The van der Waals surface area contributed by atoms with Gasteiger partial charge in [0.2, 0.25) is 0 Å². The van der Waals surface area contributed by atoms with Crippen LogP contribution in [0.3, 0.4) is 0 Å². The van der Waals surface area contributed by atoms with Gasteiger partial charge in [0.1, 0.15) is 13.1 Å². The molecule has 0 saturated heterocycles. The number of benzene rings is 1. The third kappa shape index (κ3) is 3.45. The van der Waals surface area contributed by atoms with Crippen molar-refractivity contribution in [3.63, 3.8) is 0 Å². The van der Waals surface area contributed by atoms with Crippen molar-refractivity contribution in [2.75, 3.05) is 18.0 Å². The quantitative estimate of drug-likeness (QED) is 0.865. The Bertz CT molecular complexity index is 458. The first kappa shape index (κ1) is 13.5. The molecule has 0 aromatic heterocycles. The molecule has 0 spiro atoms. The number of aliphatic hydroxyl groups excluding tert-OH is 1. The zero-order chi connectivity index (χ0) is 12.8. The lowest BCUT2D eigenvalue weighted by Crippen LogP contribution is -2.24. The first-order chi connectivity index (χ1) is 8.10. The van der Waals surface area contributed by atoms with Gasteiger partial charge >= 0.3 is 0 Å². The zero-order valence-corrected chi connectivity index (χ0v) is 11.0. The standard InChI is InChI=1S/C12H12BrN3O/c1-9(17)10-2-3-12(11(13)8-10)16(6-4-14)7-5-15/h2-3,8-9,17H,6-7H2,1H3. The van der Waals surface area contributed by atoms with Crippen molar-refractivity contribution in [3.05, 3.63) is 28.2 Å². The highest BCUT2D eigenvalue weighted by molar-refractivity contribution is 9.10. The highest BCUT2D eigenvalue weighted by atomic mass is 79.9. The zero-order valence-electron chi connectivity index (χ0n) is 9.39. The summed E-state index contributed by atoms with van der Waals surface area (Å²) in [6.45, 7) is 1.99. The Balaban J connectivity index is 3.05. The molecule has 1 aromatic rings. The summed E-state index contributed by atoms with van der Waals surface area (Å²) >= 11 is 3.38. The Kier molecular flexibility index (Phi) is 4.96. The first-order valence-corrected chi connectivity index (χ1v) is 5.85. The van der Waals surface area contributed by atoms with Crippen LogP contribution >= 0.6 is 15.9 Å². The van der Waals surface area contributed by atoms with Gasteiger partial charge in [-0.25, -0.2) is 0 Å². The molecular weight excluding hydrogens is 282 g/mol. The second-order valence-electron chi connectivity index (χ2n) is 3.56.